The summed E-state index contributed by atoms with van der Waals surface area (Å²) in [5.74, 6) is -1.87. The lowest BCUT2D eigenvalue weighted by Crippen LogP contribution is -2.44. The van der Waals surface area contributed by atoms with Crippen LogP contribution in [0.1, 0.15) is 47.8 Å². The van der Waals surface area contributed by atoms with Gasteiger partial charge in [-0.15, -0.1) is 0 Å². The van der Waals surface area contributed by atoms with Crippen molar-refractivity contribution < 1.29 is 33.4 Å². The van der Waals surface area contributed by atoms with Crippen molar-refractivity contribution in [1.82, 2.24) is 0 Å². The number of carbonyl (C=O) groups is 3. The molecule has 3 rings (SSSR count). The van der Waals surface area contributed by atoms with Gasteiger partial charge in [0, 0.05) is 0 Å². The van der Waals surface area contributed by atoms with Crippen molar-refractivity contribution in [2.24, 2.45) is 5.16 Å². The predicted molar refractivity (Wildman–Crippen MR) is 150 cm³/mol. The molecule has 0 saturated heterocycles. The van der Waals surface area contributed by atoms with E-state index in [0.29, 0.717) is 16.7 Å². The Bertz CT molecular complexity index is 1290. The molecule has 0 saturated carbocycles. The highest BCUT2D eigenvalue weighted by atomic mass is 79.9. The van der Waals surface area contributed by atoms with E-state index in [9.17, 15) is 14.4 Å². The molecule has 0 aliphatic carbocycles. The molecule has 9 heteroatoms. The number of alkyl halides is 1. The van der Waals surface area contributed by atoms with E-state index in [1.54, 1.807) is 72.8 Å². The molecule has 0 aliphatic heterocycles. The van der Waals surface area contributed by atoms with E-state index in [2.05, 4.69) is 21.1 Å². The maximum atomic E-state index is 13.1. The molecule has 0 N–H and O–H groups in total. The number of ether oxygens (including phenoxy) is 3. The number of oxime groups is 1. The van der Waals surface area contributed by atoms with Crippen molar-refractivity contribution in [3.8, 4) is 0 Å². The van der Waals surface area contributed by atoms with Gasteiger partial charge in [0.05, 0.1) is 27.7 Å². The van der Waals surface area contributed by atoms with E-state index in [0.717, 1.165) is 16.7 Å². The lowest BCUT2D eigenvalue weighted by atomic mass is 10.1. The molecule has 0 spiro atoms. The highest BCUT2D eigenvalue weighted by Gasteiger charge is 2.35. The maximum absolute atomic E-state index is 13.1. The van der Waals surface area contributed by atoms with Crippen LogP contribution in [0.2, 0.25) is 0 Å². The second kappa shape index (κ2) is 14.2. The molecule has 8 nitrogen and oxygen atoms in total. The molecule has 3 aromatic carbocycles. The SMILES string of the molecule is CON=CC(OC(=O)c1ccc(C)cc1)C(OC(=O)c1ccc(C)cc1)C(Br)COC(=O)c1ccc(C)cc1. The first kappa shape index (κ1) is 29.6. The zero-order valence-corrected chi connectivity index (χ0v) is 23.7. The van der Waals surface area contributed by atoms with Crippen LogP contribution in [0.5, 0.6) is 0 Å². The molecule has 0 heterocycles. The summed E-state index contributed by atoms with van der Waals surface area (Å²) in [5.41, 5.74) is 3.93. The van der Waals surface area contributed by atoms with Crippen molar-refractivity contribution in [2.75, 3.05) is 13.7 Å². The first-order valence-corrected chi connectivity index (χ1v) is 13.1. The molecule has 204 valence electrons. The van der Waals surface area contributed by atoms with E-state index in [-0.39, 0.29) is 6.61 Å². The Morgan fingerprint density at radius 2 is 1.13 bits per heavy atom. The molecule has 0 bridgehead atoms. The van der Waals surface area contributed by atoms with Gasteiger partial charge in [-0.05, 0) is 57.2 Å². The number of nitrogens with zero attached hydrogens (tertiary/aromatic N) is 1. The van der Waals surface area contributed by atoms with Crippen LogP contribution in [-0.4, -0.2) is 54.9 Å². The van der Waals surface area contributed by atoms with Gasteiger partial charge in [0.25, 0.3) is 0 Å². The quantitative estimate of drug-likeness (QED) is 0.0932. The van der Waals surface area contributed by atoms with Gasteiger partial charge in [0.15, 0.2) is 12.2 Å². The fraction of sp³-hybridized carbons (Fsp3) is 0.267. The van der Waals surface area contributed by atoms with Crippen LogP contribution in [-0.2, 0) is 19.0 Å². The van der Waals surface area contributed by atoms with Crippen molar-refractivity contribution in [1.29, 1.82) is 0 Å². The fourth-order valence-electron chi connectivity index (χ4n) is 3.44. The third-order valence-electron chi connectivity index (χ3n) is 5.72. The van der Waals surface area contributed by atoms with Gasteiger partial charge in [-0.3, -0.25) is 0 Å². The average molecular weight is 596 g/mol. The Balaban J connectivity index is 1.85. The van der Waals surface area contributed by atoms with E-state index in [1.807, 2.05) is 20.8 Å². The molecule has 0 aromatic heterocycles. The molecule has 0 amide bonds. The Morgan fingerprint density at radius 1 is 0.718 bits per heavy atom. The monoisotopic (exact) mass is 595 g/mol. The Morgan fingerprint density at radius 3 is 1.56 bits per heavy atom. The van der Waals surface area contributed by atoms with Crippen LogP contribution in [0.15, 0.2) is 78.0 Å². The van der Waals surface area contributed by atoms with Gasteiger partial charge in [-0.25, -0.2) is 14.4 Å². The smallest absolute Gasteiger partial charge is 0.338 e. The number of benzene rings is 3. The normalized spacial score (nSPS) is 13.3. The minimum absolute atomic E-state index is 0.196. The molecule has 0 fully saturated rings. The summed E-state index contributed by atoms with van der Waals surface area (Å²) in [5, 5.41) is 3.76. The molecule has 39 heavy (non-hydrogen) atoms. The molecule has 3 atom stereocenters. The summed E-state index contributed by atoms with van der Waals surface area (Å²) in [4.78, 5) is 42.7. The van der Waals surface area contributed by atoms with E-state index in [1.165, 1.54) is 13.3 Å². The van der Waals surface area contributed by atoms with Crippen molar-refractivity contribution in [2.45, 2.75) is 37.8 Å². The summed E-state index contributed by atoms with van der Waals surface area (Å²) in [6.45, 7) is 5.52. The lowest BCUT2D eigenvalue weighted by molar-refractivity contribution is -0.0209. The standard InChI is InChI=1S/C30H30BrNO7/c1-19-5-11-22(12-6-19)28(33)37-18-25(31)27(39-30(35)24-15-9-21(3)10-16-24)26(17-32-36-4)38-29(34)23-13-7-20(2)8-14-23/h5-17,25-27H,18H2,1-4H3. The molecule has 3 unspecified atom stereocenters. The van der Waals surface area contributed by atoms with Crippen LogP contribution in [0.4, 0.5) is 0 Å². The maximum Gasteiger partial charge on any atom is 0.338 e. The van der Waals surface area contributed by atoms with Crippen molar-refractivity contribution in [3.63, 3.8) is 0 Å². The minimum Gasteiger partial charge on any atom is -0.461 e. The molecule has 0 aliphatic rings. The first-order chi connectivity index (χ1) is 18.7. The zero-order chi connectivity index (χ0) is 28.4. The second-order valence-electron chi connectivity index (χ2n) is 8.89. The summed E-state index contributed by atoms with van der Waals surface area (Å²) in [6, 6.07) is 20.6. The number of carbonyl (C=O) groups excluding carboxylic acids is 3. The summed E-state index contributed by atoms with van der Waals surface area (Å²) in [6.07, 6.45) is -1.11. The van der Waals surface area contributed by atoms with Crippen LogP contribution >= 0.6 is 15.9 Å². The van der Waals surface area contributed by atoms with Gasteiger partial charge in [-0.1, -0.05) is 74.2 Å². The molecule has 0 radical (unpaired) electrons. The number of aryl methyl sites for hydroxylation is 3. The lowest BCUT2D eigenvalue weighted by Gasteiger charge is -2.28. The summed E-state index contributed by atoms with van der Waals surface area (Å²) in [7, 11) is 1.33. The first-order valence-electron chi connectivity index (χ1n) is 12.2. The number of rotatable bonds is 11. The van der Waals surface area contributed by atoms with Crippen molar-refractivity contribution >= 4 is 40.1 Å². The van der Waals surface area contributed by atoms with E-state index >= 15 is 0 Å². The molecular formula is C30H30BrNO7. The molecule has 3 aromatic rings. The summed E-state index contributed by atoms with van der Waals surface area (Å²) >= 11 is 3.47. The van der Waals surface area contributed by atoms with E-state index in [4.69, 9.17) is 19.0 Å². The Hall–Kier alpha value is -3.98. The number of hydrogen-bond acceptors (Lipinski definition) is 8. The minimum atomic E-state index is -1.18. The number of esters is 3. The van der Waals surface area contributed by atoms with Crippen LogP contribution < -0.4 is 0 Å². The van der Waals surface area contributed by atoms with E-state index < -0.39 is 34.9 Å². The number of hydrogen-bond donors (Lipinski definition) is 0. The average Bonchev–Trinajstić information content (AvgIpc) is 2.93. The van der Waals surface area contributed by atoms with Gasteiger partial charge < -0.3 is 19.0 Å². The van der Waals surface area contributed by atoms with Crippen LogP contribution in [0.25, 0.3) is 0 Å². The highest BCUT2D eigenvalue weighted by Crippen LogP contribution is 2.21. The van der Waals surface area contributed by atoms with Gasteiger partial charge in [-0.2, -0.15) is 0 Å². The van der Waals surface area contributed by atoms with Crippen LogP contribution in [0, 0.1) is 20.8 Å². The second-order valence-corrected chi connectivity index (χ2v) is 10.1. The predicted octanol–water partition coefficient (Wildman–Crippen LogP) is 5.62. The fourth-order valence-corrected chi connectivity index (χ4v) is 3.98. The highest BCUT2D eigenvalue weighted by molar-refractivity contribution is 9.09. The van der Waals surface area contributed by atoms with Gasteiger partial charge in [0.1, 0.15) is 13.7 Å². The molecular weight excluding hydrogens is 566 g/mol. The van der Waals surface area contributed by atoms with Gasteiger partial charge in [0.2, 0.25) is 0 Å². The third kappa shape index (κ3) is 8.78. The summed E-state index contributed by atoms with van der Waals surface area (Å²) < 4.78 is 17.0. The topological polar surface area (TPSA) is 100 Å². The van der Waals surface area contributed by atoms with Gasteiger partial charge >= 0.3 is 17.9 Å². The Kier molecular flexibility index (Phi) is 10.8. The zero-order valence-electron chi connectivity index (χ0n) is 22.1. The largest absolute Gasteiger partial charge is 0.461 e. The van der Waals surface area contributed by atoms with Crippen LogP contribution in [0.3, 0.4) is 0 Å². The Labute approximate surface area is 236 Å². The number of halogens is 1. The van der Waals surface area contributed by atoms with Crippen molar-refractivity contribution in [3.05, 3.63) is 106 Å². The third-order valence-corrected chi connectivity index (χ3v) is 6.50.